The van der Waals surface area contributed by atoms with Gasteiger partial charge in [0.25, 0.3) is 0 Å². The number of carbonyl (C=O) groups excluding carboxylic acids is 1. The standard InChI is InChI=1S/C33H37F2N7O4/c1-3-33(43)39-26-14-27(30(44-2)15-29(26)40-9-6-21(7-10-40)41-17-23-13-22(41)18-45-23)38-31-16-32(37-19-36-31)42-28(8-11-46-42)24-5-4-20(34)12-25(24)35/h3-5,12,14-16,19,21-23,28H,1,6-11,13,17-18H2,2H3,(H,39,43)(H,36,37,38)/t22-,23-,28-/m1/s1. The quantitative estimate of drug-likeness (QED) is 0.315. The number of anilines is 5. The molecule has 46 heavy (non-hydrogen) atoms. The number of aromatic nitrogens is 2. The molecule has 11 nitrogen and oxygen atoms in total. The van der Waals surface area contributed by atoms with Crippen LogP contribution in [0.25, 0.3) is 0 Å². The molecule has 0 spiro atoms. The molecule has 1 aromatic heterocycles. The minimum atomic E-state index is -0.645. The first kappa shape index (κ1) is 30.3. The van der Waals surface area contributed by atoms with Crippen LogP contribution in [0, 0.1) is 11.6 Å². The number of amides is 1. The summed E-state index contributed by atoms with van der Waals surface area (Å²) in [5.74, 6) is -0.219. The van der Waals surface area contributed by atoms with Crippen molar-refractivity contribution in [3.05, 3.63) is 72.6 Å². The maximum absolute atomic E-state index is 14.7. The number of fused-ring (bicyclic) bond motifs is 2. The second-order valence-corrected chi connectivity index (χ2v) is 12.0. The van der Waals surface area contributed by atoms with Gasteiger partial charge in [-0.3, -0.25) is 14.5 Å². The molecule has 0 aliphatic carbocycles. The smallest absolute Gasteiger partial charge is 0.247 e. The summed E-state index contributed by atoms with van der Waals surface area (Å²) in [6, 6.07) is 9.51. The van der Waals surface area contributed by atoms with Crippen molar-refractivity contribution >= 4 is 34.6 Å². The Hall–Kier alpha value is -4.33. The van der Waals surface area contributed by atoms with Crippen molar-refractivity contribution in [3.8, 4) is 5.75 Å². The number of hydrogen-bond acceptors (Lipinski definition) is 10. The zero-order chi connectivity index (χ0) is 31.8. The molecular formula is C33H37F2N7O4. The molecule has 7 rings (SSSR count). The molecule has 2 bridgehead atoms. The highest BCUT2D eigenvalue weighted by Gasteiger charge is 2.43. The van der Waals surface area contributed by atoms with E-state index >= 15 is 0 Å². The number of likely N-dealkylation sites (tertiary alicyclic amines) is 1. The summed E-state index contributed by atoms with van der Waals surface area (Å²) >= 11 is 0. The summed E-state index contributed by atoms with van der Waals surface area (Å²) in [4.78, 5) is 32.0. The molecule has 4 fully saturated rings. The number of nitrogens with one attached hydrogen (secondary N) is 2. The lowest BCUT2D eigenvalue weighted by Gasteiger charge is -2.41. The Bertz CT molecular complexity index is 1620. The van der Waals surface area contributed by atoms with Crippen LogP contribution in [0.1, 0.15) is 37.3 Å². The number of benzene rings is 2. The van der Waals surface area contributed by atoms with Crippen LogP contribution in [0.15, 0.2) is 55.4 Å². The van der Waals surface area contributed by atoms with Crippen LogP contribution in [-0.4, -0.2) is 78.9 Å². The van der Waals surface area contributed by atoms with E-state index in [4.69, 9.17) is 14.3 Å². The summed E-state index contributed by atoms with van der Waals surface area (Å²) in [7, 11) is 1.59. The number of halogens is 2. The lowest BCUT2D eigenvalue weighted by atomic mass is 10.0. The van der Waals surface area contributed by atoms with Crippen molar-refractivity contribution in [1.82, 2.24) is 14.9 Å². The Balaban J connectivity index is 1.12. The largest absolute Gasteiger partial charge is 0.494 e. The van der Waals surface area contributed by atoms with Crippen LogP contribution in [0.5, 0.6) is 5.75 Å². The molecule has 5 heterocycles. The Morgan fingerprint density at radius 2 is 1.93 bits per heavy atom. The van der Waals surface area contributed by atoms with Crippen LogP contribution in [0.3, 0.4) is 0 Å². The number of hydrogen-bond donors (Lipinski definition) is 2. The fourth-order valence-electron chi connectivity index (χ4n) is 7.12. The van der Waals surface area contributed by atoms with E-state index in [1.165, 1.54) is 29.6 Å². The zero-order valence-corrected chi connectivity index (χ0v) is 25.6. The van der Waals surface area contributed by atoms with Gasteiger partial charge in [0.1, 0.15) is 29.5 Å². The molecule has 13 heteroatoms. The van der Waals surface area contributed by atoms with E-state index in [-0.39, 0.29) is 5.91 Å². The van der Waals surface area contributed by atoms with Gasteiger partial charge in [0.15, 0.2) is 5.82 Å². The number of hydroxylamine groups is 1. The molecule has 1 amide bonds. The molecule has 4 aliphatic rings. The second kappa shape index (κ2) is 12.8. The highest BCUT2D eigenvalue weighted by atomic mass is 19.1. The number of nitrogens with zero attached hydrogens (tertiary/aromatic N) is 5. The molecule has 0 radical (unpaired) electrons. The third-order valence-corrected chi connectivity index (χ3v) is 9.35. The monoisotopic (exact) mass is 633 g/mol. The highest BCUT2D eigenvalue weighted by molar-refractivity contribution is 6.02. The van der Waals surface area contributed by atoms with E-state index in [0.29, 0.717) is 65.5 Å². The van der Waals surface area contributed by atoms with Crippen molar-refractivity contribution in [2.75, 3.05) is 60.6 Å². The Labute approximate surface area is 266 Å². The number of piperidine rings is 1. The maximum Gasteiger partial charge on any atom is 0.247 e. The van der Waals surface area contributed by atoms with Crippen molar-refractivity contribution in [1.29, 1.82) is 0 Å². The van der Waals surface area contributed by atoms with E-state index in [1.807, 2.05) is 12.1 Å². The molecule has 3 atom stereocenters. The van der Waals surface area contributed by atoms with E-state index in [9.17, 15) is 13.6 Å². The van der Waals surface area contributed by atoms with Crippen LogP contribution in [-0.2, 0) is 14.4 Å². The van der Waals surface area contributed by atoms with Gasteiger partial charge in [-0.05, 0) is 37.5 Å². The third-order valence-electron chi connectivity index (χ3n) is 9.35. The van der Waals surface area contributed by atoms with Gasteiger partial charge in [0, 0.05) is 61.9 Å². The van der Waals surface area contributed by atoms with Gasteiger partial charge in [-0.1, -0.05) is 12.6 Å². The molecule has 4 aliphatic heterocycles. The Morgan fingerprint density at radius 1 is 1.09 bits per heavy atom. The lowest BCUT2D eigenvalue weighted by molar-refractivity contribution is -0.111. The fourth-order valence-corrected chi connectivity index (χ4v) is 7.12. The van der Waals surface area contributed by atoms with Crippen molar-refractivity contribution in [3.63, 3.8) is 0 Å². The van der Waals surface area contributed by atoms with Crippen molar-refractivity contribution in [2.45, 2.75) is 49.9 Å². The summed E-state index contributed by atoms with van der Waals surface area (Å²) < 4.78 is 39.8. The van der Waals surface area contributed by atoms with Crippen LogP contribution in [0.4, 0.5) is 37.5 Å². The van der Waals surface area contributed by atoms with Crippen LogP contribution < -0.4 is 25.3 Å². The fraction of sp³-hybridized carbons (Fsp3) is 0.424. The molecule has 2 N–H and O–H groups in total. The molecule has 4 saturated heterocycles. The van der Waals surface area contributed by atoms with Crippen LogP contribution in [0.2, 0.25) is 0 Å². The van der Waals surface area contributed by atoms with Gasteiger partial charge in [0.05, 0.1) is 49.5 Å². The predicted octanol–water partition coefficient (Wildman–Crippen LogP) is 4.96. The van der Waals surface area contributed by atoms with Gasteiger partial charge in [-0.2, -0.15) is 0 Å². The number of morpholine rings is 1. The molecule has 0 saturated carbocycles. The summed E-state index contributed by atoms with van der Waals surface area (Å²) in [5, 5.41) is 7.77. The number of ether oxygens (including phenoxy) is 2. The van der Waals surface area contributed by atoms with Gasteiger partial charge < -0.3 is 25.0 Å². The SMILES string of the molecule is C=CC(=O)Nc1cc(Nc2cc(N3OCC[C@@H]3c3ccc(F)cc3F)ncn2)c(OC)cc1N1CCC(N2C[C@H]3C[C@@H]2CO3)CC1. The third kappa shape index (κ3) is 5.97. The number of rotatable bonds is 9. The highest BCUT2D eigenvalue weighted by Crippen LogP contribution is 2.41. The first-order valence-electron chi connectivity index (χ1n) is 15.6. The lowest BCUT2D eigenvalue weighted by Crippen LogP contribution is -2.49. The number of methoxy groups -OCH3 is 1. The first-order chi connectivity index (χ1) is 22.4. The van der Waals surface area contributed by atoms with Gasteiger partial charge in [0.2, 0.25) is 5.91 Å². The molecular weight excluding hydrogens is 596 g/mol. The average molecular weight is 634 g/mol. The van der Waals surface area contributed by atoms with Gasteiger partial charge in [-0.15, -0.1) is 0 Å². The molecule has 242 valence electrons. The van der Waals surface area contributed by atoms with E-state index < -0.39 is 17.7 Å². The normalized spacial score (nSPS) is 23.2. The summed E-state index contributed by atoms with van der Waals surface area (Å²) in [6.45, 7) is 7.50. The minimum absolute atomic E-state index is 0.317. The molecule has 2 aromatic carbocycles. The molecule has 0 unspecified atom stereocenters. The maximum atomic E-state index is 14.7. The van der Waals surface area contributed by atoms with E-state index in [2.05, 4.69) is 37.0 Å². The van der Waals surface area contributed by atoms with Gasteiger partial charge in [-0.25, -0.2) is 23.8 Å². The topological polar surface area (TPSA) is 104 Å². The average Bonchev–Trinajstić information content (AvgIpc) is 3.84. The van der Waals surface area contributed by atoms with Crippen molar-refractivity contribution < 1.29 is 27.9 Å². The van der Waals surface area contributed by atoms with Crippen LogP contribution >= 0.6 is 0 Å². The first-order valence-corrected chi connectivity index (χ1v) is 15.6. The van der Waals surface area contributed by atoms with Gasteiger partial charge >= 0.3 is 0 Å². The zero-order valence-electron chi connectivity index (χ0n) is 25.6. The van der Waals surface area contributed by atoms with E-state index in [0.717, 1.165) is 57.3 Å². The van der Waals surface area contributed by atoms with E-state index in [1.54, 1.807) is 13.2 Å². The number of carbonyl (C=O) groups is 1. The second-order valence-electron chi connectivity index (χ2n) is 12.0. The Morgan fingerprint density at radius 3 is 2.65 bits per heavy atom. The summed E-state index contributed by atoms with van der Waals surface area (Å²) in [5.41, 5.74) is 2.36. The summed E-state index contributed by atoms with van der Waals surface area (Å²) in [6.07, 6.45) is 6.67. The predicted molar refractivity (Wildman–Crippen MR) is 169 cm³/mol. The molecule has 3 aromatic rings. The minimum Gasteiger partial charge on any atom is -0.494 e. The Kier molecular flexibility index (Phi) is 8.45. The van der Waals surface area contributed by atoms with Crippen molar-refractivity contribution in [2.24, 2.45) is 0 Å².